The van der Waals surface area contributed by atoms with Gasteiger partial charge in [0.25, 0.3) is 0 Å². The molecule has 0 radical (unpaired) electrons. The number of hydrogen-bond acceptors (Lipinski definition) is 2. The second kappa shape index (κ2) is 5.09. The van der Waals surface area contributed by atoms with E-state index >= 15 is 0 Å². The zero-order chi connectivity index (χ0) is 15.1. The van der Waals surface area contributed by atoms with Gasteiger partial charge in [0, 0.05) is 24.2 Å². The van der Waals surface area contributed by atoms with Gasteiger partial charge in [-0.1, -0.05) is 6.07 Å². The van der Waals surface area contributed by atoms with Crippen LogP contribution in [0.4, 0.5) is 8.78 Å². The van der Waals surface area contributed by atoms with Gasteiger partial charge >= 0.3 is 5.97 Å². The highest BCUT2D eigenvalue weighted by Gasteiger charge is 2.51. The normalized spacial score (nSPS) is 23.7. The number of carbonyl (C=O) groups is 2. The minimum Gasteiger partial charge on any atom is -0.481 e. The monoisotopic (exact) mass is 295 g/mol. The summed E-state index contributed by atoms with van der Waals surface area (Å²) in [7, 11) is 0. The van der Waals surface area contributed by atoms with Crippen molar-refractivity contribution in [1.29, 1.82) is 0 Å². The molecule has 1 amide bonds. The maximum Gasteiger partial charge on any atom is 0.307 e. The second-order valence-corrected chi connectivity index (χ2v) is 5.72. The van der Waals surface area contributed by atoms with Crippen molar-refractivity contribution in [3.05, 3.63) is 35.4 Å². The molecule has 2 fully saturated rings. The van der Waals surface area contributed by atoms with Crippen LogP contribution < -0.4 is 0 Å². The van der Waals surface area contributed by atoms with Crippen molar-refractivity contribution in [3.8, 4) is 0 Å². The minimum atomic E-state index is -0.961. The quantitative estimate of drug-likeness (QED) is 0.905. The molecule has 1 aromatic carbocycles. The predicted molar refractivity (Wildman–Crippen MR) is 69.2 cm³/mol. The van der Waals surface area contributed by atoms with E-state index in [-0.39, 0.29) is 24.1 Å². The fraction of sp³-hybridized carbons (Fsp3) is 0.467. The molecule has 0 aliphatic heterocycles. The number of carbonyl (C=O) groups excluding carboxylic acids is 1. The number of amides is 1. The van der Waals surface area contributed by atoms with Gasteiger partial charge in [0.05, 0.1) is 11.8 Å². The van der Waals surface area contributed by atoms with E-state index < -0.39 is 29.4 Å². The van der Waals surface area contributed by atoms with Gasteiger partial charge < -0.3 is 10.0 Å². The van der Waals surface area contributed by atoms with E-state index in [1.807, 2.05) is 0 Å². The van der Waals surface area contributed by atoms with Crippen LogP contribution in [-0.4, -0.2) is 27.9 Å². The van der Waals surface area contributed by atoms with Crippen molar-refractivity contribution in [3.63, 3.8) is 0 Å². The molecule has 1 aromatic rings. The number of benzene rings is 1. The van der Waals surface area contributed by atoms with Crippen molar-refractivity contribution in [1.82, 2.24) is 4.90 Å². The van der Waals surface area contributed by atoms with Crippen molar-refractivity contribution < 1.29 is 23.5 Å². The fourth-order valence-corrected chi connectivity index (χ4v) is 2.56. The average molecular weight is 295 g/mol. The van der Waals surface area contributed by atoms with E-state index in [1.165, 1.54) is 6.07 Å². The van der Waals surface area contributed by atoms with Gasteiger partial charge in [0.15, 0.2) is 0 Å². The number of nitrogens with zero attached hydrogens (tertiary/aromatic N) is 1. The summed E-state index contributed by atoms with van der Waals surface area (Å²) in [4.78, 5) is 24.8. The molecule has 2 atom stereocenters. The number of aliphatic carboxylic acids is 1. The molecule has 21 heavy (non-hydrogen) atoms. The molecule has 0 unspecified atom stereocenters. The average Bonchev–Trinajstić information content (AvgIpc) is 3.28. The van der Waals surface area contributed by atoms with E-state index in [2.05, 4.69) is 0 Å². The first-order chi connectivity index (χ1) is 9.97. The molecule has 112 valence electrons. The SMILES string of the molecule is O=C(O)[C@H]1C[C@H]1C(=O)N(Cc1ccc(F)cc1F)C1CC1. The number of carboxylic acid groups (broad SMARTS) is 1. The molecule has 0 saturated heterocycles. The van der Waals surface area contributed by atoms with Crippen LogP contribution in [-0.2, 0) is 16.1 Å². The summed E-state index contributed by atoms with van der Waals surface area (Å²) in [5.41, 5.74) is 0.254. The first-order valence-electron chi connectivity index (χ1n) is 6.94. The zero-order valence-electron chi connectivity index (χ0n) is 11.3. The topological polar surface area (TPSA) is 57.6 Å². The number of rotatable bonds is 5. The zero-order valence-corrected chi connectivity index (χ0v) is 11.3. The first kappa shape index (κ1) is 14.0. The lowest BCUT2D eigenvalue weighted by molar-refractivity contribution is -0.142. The van der Waals surface area contributed by atoms with E-state index in [4.69, 9.17) is 5.11 Å². The Morgan fingerprint density at radius 1 is 1.24 bits per heavy atom. The van der Waals surface area contributed by atoms with Gasteiger partial charge in [-0.05, 0) is 25.3 Å². The second-order valence-electron chi connectivity index (χ2n) is 5.72. The van der Waals surface area contributed by atoms with Crippen molar-refractivity contribution in [2.45, 2.75) is 31.8 Å². The van der Waals surface area contributed by atoms with Crippen LogP contribution in [0.1, 0.15) is 24.8 Å². The largest absolute Gasteiger partial charge is 0.481 e. The first-order valence-corrected chi connectivity index (χ1v) is 6.94. The molecule has 2 aliphatic rings. The number of carboxylic acids is 1. The third kappa shape index (κ3) is 2.89. The van der Waals surface area contributed by atoms with Crippen molar-refractivity contribution in [2.24, 2.45) is 11.8 Å². The summed E-state index contributed by atoms with van der Waals surface area (Å²) in [5.74, 6) is -3.64. The van der Waals surface area contributed by atoms with Crippen LogP contribution in [0.5, 0.6) is 0 Å². The van der Waals surface area contributed by atoms with Crippen LogP contribution in [0.3, 0.4) is 0 Å². The molecular formula is C15H15F2NO3. The molecule has 2 aliphatic carbocycles. The Labute approximate surface area is 120 Å². The van der Waals surface area contributed by atoms with Gasteiger partial charge in [0.2, 0.25) is 5.91 Å². The summed E-state index contributed by atoms with van der Waals surface area (Å²) in [6, 6.07) is 3.33. The number of halogens is 2. The molecular weight excluding hydrogens is 280 g/mol. The van der Waals surface area contributed by atoms with E-state index in [0.29, 0.717) is 6.42 Å². The molecule has 0 spiro atoms. The molecule has 0 heterocycles. The fourth-order valence-electron chi connectivity index (χ4n) is 2.56. The Hall–Kier alpha value is -1.98. The molecule has 1 N–H and O–H groups in total. The van der Waals surface area contributed by atoms with E-state index in [1.54, 1.807) is 4.90 Å². The molecule has 4 nitrogen and oxygen atoms in total. The van der Waals surface area contributed by atoms with Crippen LogP contribution in [0.2, 0.25) is 0 Å². The molecule has 0 bridgehead atoms. The lowest BCUT2D eigenvalue weighted by Crippen LogP contribution is -2.35. The maximum atomic E-state index is 13.7. The van der Waals surface area contributed by atoms with Crippen molar-refractivity contribution >= 4 is 11.9 Å². The van der Waals surface area contributed by atoms with Crippen LogP contribution in [0.25, 0.3) is 0 Å². The van der Waals surface area contributed by atoms with E-state index in [0.717, 1.165) is 25.0 Å². The summed E-state index contributed by atoms with van der Waals surface area (Å²) in [5, 5.41) is 8.90. The third-order valence-electron chi connectivity index (χ3n) is 4.05. The highest BCUT2D eigenvalue weighted by atomic mass is 19.1. The summed E-state index contributed by atoms with van der Waals surface area (Å²) < 4.78 is 26.6. The highest BCUT2D eigenvalue weighted by Crippen LogP contribution is 2.42. The Morgan fingerprint density at radius 3 is 2.48 bits per heavy atom. The standard InChI is InChI=1S/C15H15F2NO3/c16-9-2-1-8(13(17)5-9)7-18(10-3-4-10)14(19)11-6-12(11)15(20)21/h1-2,5,10-12H,3-4,6-7H2,(H,20,21)/t11-,12+/m1/s1. The molecule has 0 aromatic heterocycles. The van der Waals surface area contributed by atoms with Gasteiger partial charge in [-0.25, -0.2) is 8.78 Å². The Morgan fingerprint density at radius 2 is 1.95 bits per heavy atom. The predicted octanol–water partition coefficient (Wildman–Crippen LogP) is 2.18. The van der Waals surface area contributed by atoms with Gasteiger partial charge in [-0.2, -0.15) is 0 Å². The minimum absolute atomic E-state index is 0.0528. The smallest absolute Gasteiger partial charge is 0.307 e. The van der Waals surface area contributed by atoms with Crippen LogP contribution in [0, 0.1) is 23.5 Å². The summed E-state index contributed by atoms with van der Waals surface area (Å²) in [6.45, 7) is 0.0679. The molecule has 2 saturated carbocycles. The Bertz CT molecular complexity index is 601. The lowest BCUT2D eigenvalue weighted by atomic mass is 10.1. The van der Waals surface area contributed by atoms with Crippen LogP contribution in [0.15, 0.2) is 18.2 Å². The van der Waals surface area contributed by atoms with Gasteiger partial charge in [0.1, 0.15) is 11.6 Å². The van der Waals surface area contributed by atoms with Gasteiger partial charge in [-0.3, -0.25) is 9.59 Å². The number of hydrogen-bond donors (Lipinski definition) is 1. The third-order valence-corrected chi connectivity index (χ3v) is 4.05. The molecule has 3 rings (SSSR count). The van der Waals surface area contributed by atoms with Crippen LogP contribution >= 0.6 is 0 Å². The summed E-state index contributed by atoms with van der Waals surface area (Å²) >= 11 is 0. The maximum absolute atomic E-state index is 13.7. The Balaban J connectivity index is 1.73. The highest BCUT2D eigenvalue weighted by molar-refractivity contribution is 5.89. The van der Waals surface area contributed by atoms with E-state index in [9.17, 15) is 18.4 Å². The Kier molecular flexibility index (Phi) is 3.39. The van der Waals surface area contributed by atoms with Crippen molar-refractivity contribution in [2.75, 3.05) is 0 Å². The van der Waals surface area contributed by atoms with Gasteiger partial charge in [-0.15, -0.1) is 0 Å². The summed E-state index contributed by atoms with van der Waals surface area (Å²) in [6.07, 6.45) is 2.04. The molecule has 6 heteroatoms. The lowest BCUT2D eigenvalue weighted by Gasteiger charge is -2.23.